The van der Waals surface area contributed by atoms with Crippen LogP contribution in [0.4, 0.5) is 0 Å². The SMILES string of the molecule is C.C1CNCCN1.[2H-].[Cl-].[Cl-].[Mg+2].[NH3+]CCO.[NH3+]CCO. The largest absolute Gasteiger partial charge is 2.00 e. The summed E-state index contributed by atoms with van der Waals surface area (Å²) in [5.74, 6) is 0. The van der Waals surface area contributed by atoms with Crippen molar-refractivity contribution in [2.45, 2.75) is 7.43 Å². The molecule has 10 N–H and O–H groups in total. The second-order valence-electron chi connectivity index (χ2n) is 2.65. The molecule has 9 heteroatoms. The molecule has 0 atom stereocenters. The van der Waals surface area contributed by atoms with Gasteiger partial charge in [-0.25, -0.2) is 0 Å². The maximum Gasteiger partial charge on any atom is 2.00 e. The molecule has 0 radical (unpaired) electrons. The molecule has 0 aromatic rings. The van der Waals surface area contributed by atoms with Crippen LogP contribution in [-0.4, -0.2) is 85.7 Å². The van der Waals surface area contributed by atoms with Crippen LogP contribution >= 0.6 is 0 Å². The van der Waals surface area contributed by atoms with Crippen molar-refractivity contribution >= 4 is 23.1 Å². The fourth-order valence-electron chi connectivity index (χ4n) is 0.604. The van der Waals surface area contributed by atoms with E-state index < -0.39 is 0 Å². The van der Waals surface area contributed by atoms with Gasteiger partial charge in [0.05, 0.1) is 26.3 Å². The van der Waals surface area contributed by atoms with Crippen LogP contribution in [0.25, 0.3) is 0 Å². The molecule has 1 rings (SSSR count). The first kappa shape index (κ1) is 36.5. The smallest absolute Gasteiger partial charge is 1.00 e. The van der Waals surface area contributed by atoms with Crippen molar-refractivity contribution < 1.29 is 47.9 Å². The topological polar surface area (TPSA) is 120 Å². The van der Waals surface area contributed by atoms with Gasteiger partial charge >= 0.3 is 23.1 Å². The first-order valence-electron chi connectivity index (χ1n) is 5.05. The third-order valence-electron chi connectivity index (χ3n) is 1.27. The Morgan fingerprint density at radius 2 is 1.00 bits per heavy atom. The molecule has 114 valence electrons. The quantitative estimate of drug-likeness (QED) is 0.283. The van der Waals surface area contributed by atoms with Gasteiger partial charge in [0.2, 0.25) is 0 Å². The minimum atomic E-state index is 0. The predicted octanol–water partition coefficient (Wildman–Crippen LogP) is -10.0. The molecule has 0 bridgehead atoms. The first-order valence-corrected chi connectivity index (χ1v) is 5.05. The molecule has 0 aliphatic carbocycles. The van der Waals surface area contributed by atoms with Crippen molar-refractivity contribution in [3.8, 4) is 0 Å². The zero-order chi connectivity index (χ0) is 11.1. The molecule has 1 saturated heterocycles. The Labute approximate surface area is 141 Å². The molecule has 0 amide bonds. The van der Waals surface area contributed by atoms with E-state index in [1.54, 1.807) is 0 Å². The molecular weight excluding hydrogens is 291 g/mol. The van der Waals surface area contributed by atoms with E-state index in [-0.39, 0.29) is 69.9 Å². The predicted molar refractivity (Wildman–Crippen MR) is 69.0 cm³/mol. The summed E-state index contributed by atoms with van der Waals surface area (Å²) in [6.45, 7) is 6.22. The molecule has 0 unspecified atom stereocenters. The Bertz CT molecular complexity index is 83.1. The Hall–Kier alpha value is 1.11. The number of nitrogens with one attached hydrogen (secondary N) is 2. The zero-order valence-corrected chi connectivity index (χ0v) is 13.4. The fourth-order valence-corrected chi connectivity index (χ4v) is 0.604. The molecule has 0 aromatic heterocycles. The van der Waals surface area contributed by atoms with E-state index in [0.29, 0.717) is 13.1 Å². The third kappa shape index (κ3) is 53.5. The minimum Gasteiger partial charge on any atom is -1.00 e. The van der Waals surface area contributed by atoms with Gasteiger partial charge in [-0.05, 0) is 0 Å². The van der Waals surface area contributed by atoms with Gasteiger partial charge < -0.3 is 58.6 Å². The molecular formula is C9H31Cl2MgN4O2+. The number of aliphatic hydroxyl groups is 2. The van der Waals surface area contributed by atoms with Gasteiger partial charge in [0, 0.05) is 26.2 Å². The van der Waals surface area contributed by atoms with E-state index in [2.05, 4.69) is 22.1 Å². The van der Waals surface area contributed by atoms with Gasteiger partial charge in [0.15, 0.2) is 0 Å². The third-order valence-corrected chi connectivity index (χ3v) is 1.27. The molecule has 6 nitrogen and oxygen atoms in total. The van der Waals surface area contributed by atoms with Gasteiger partial charge in [-0.1, -0.05) is 7.43 Å². The number of hydrogen-bond donors (Lipinski definition) is 6. The number of halogens is 2. The summed E-state index contributed by atoms with van der Waals surface area (Å²) >= 11 is 0. The van der Waals surface area contributed by atoms with Gasteiger partial charge in [0.1, 0.15) is 0 Å². The van der Waals surface area contributed by atoms with E-state index in [1.807, 2.05) is 0 Å². The average Bonchev–Trinajstić information content (AvgIpc) is 2.32. The Morgan fingerprint density at radius 1 is 0.833 bits per heavy atom. The molecule has 0 spiro atoms. The summed E-state index contributed by atoms with van der Waals surface area (Å²) in [4.78, 5) is 0. The second kappa shape index (κ2) is 43.0. The van der Waals surface area contributed by atoms with Crippen LogP contribution in [0.2, 0.25) is 0 Å². The van der Waals surface area contributed by atoms with Crippen LogP contribution in [-0.2, 0) is 0 Å². The molecule has 1 fully saturated rings. The van der Waals surface area contributed by atoms with Crippen LogP contribution in [0.1, 0.15) is 8.85 Å². The van der Waals surface area contributed by atoms with Crippen molar-refractivity contribution in [3.63, 3.8) is 0 Å². The van der Waals surface area contributed by atoms with Crippen LogP contribution in [0.3, 0.4) is 0 Å². The van der Waals surface area contributed by atoms with Crippen molar-refractivity contribution in [1.29, 1.82) is 0 Å². The Kier molecular flexibility index (Phi) is 87.0. The van der Waals surface area contributed by atoms with Gasteiger partial charge in [-0.15, -0.1) is 0 Å². The molecule has 1 aliphatic rings. The summed E-state index contributed by atoms with van der Waals surface area (Å²) in [5, 5.41) is 22.1. The average molecular weight is 324 g/mol. The van der Waals surface area contributed by atoms with E-state index >= 15 is 0 Å². The zero-order valence-electron chi connectivity index (χ0n) is 11.4. The van der Waals surface area contributed by atoms with E-state index in [9.17, 15) is 0 Å². The summed E-state index contributed by atoms with van der Waals surface area (Å²) in [7, 11) is 0. The number of quaternary nitrogens is 2. The molecule has 1 heterocycles. The van der Waals surface area contributed by atoms with Crippen LogP contribution in [0, 0.1) is 0 Å². The Balaban J connectivity index is -0.0000000207. The van der Waals surface area contributed by atoms with Crippen LogP contribution in [0.15, 0.2) is 0 Å². The molecule has 1 aliphatic heterocycles. The van der Waals surface area contributed by atoms with Crippen LogP contribution in [0.5, 0.6) is 0 Å². The first-order chi connectivity index (χ1) is 6.83. The summed E-state index contributed by atoms with van der Waals surface area (Å²) in [6, 6.07) is 0. The van der Waals surface area contributed by atoms with Crippen molar-refractivity contribution in [2.75, 3.05) is 52.5 Å². The maximum atomic E-state index is 7.81. The molecule has 18 heavy (non-hydrogen) atoms. The Morgan fingerprint density at radius 3 is 1.06 bits per heavy atom. The van der Waals surface area contributed by atoms with Gasteiger partial charge in [-0.2, -0.15) is 0 Å². The van der Waals surface area contributed by atoms with E-state index in [0.717, 1.165) is 26.2 Å². The minimum absolute atomic E-state index is 0. The van der Waals surface area contributed by atoms with E-state index in [1.165, 1.54) is 0 Å². The monoisotopic (exact) mass is 322 g/mol. The van der Waals surface area contributed by atoms with Crippen molar-refractivity contribution in [1.82, 2.24) is 10.6 Å². The number of aliphatic hydroxyl groups excluding tert-OH is 2. The van der Waals surface area contributed by atoms with Gasteiger partial charge in [0.25, 0.3) is 0 Å². The summed E-state index contributed by atoms with van der Waals surface area (Å²) in [6.07, 6.45) is 0. The number of piperazine rings is 1. The number of rotatable bonds is 2. The second-order valence-corrected chi connectivity index (χ2v) is 2.65. The maximum absolute atomic E-state index is 7.81. The standard InChI is InChI=1S/C4H10N2.2C2H7NO.CH4.2ClH.Mg.H/c1-2-6-4-3-5-1;2*3-1-2-4;;;;;/h5-6H,1-4H2;2*4H,1-3H2;1H4;2*1H;;/q;;;;;;+2;-1/i;;;;;;;1+1. The van der Waals surface area contributed by atoms with E-state index in [4.69, 9.17) is 10.2 Å². The molecule has 0 aromatic carbocycles. The van der Waals surface area contributed by atoms with Crippen LogP contribution < -0.4 is 46.9 Å². The molecule has 0 saturated carbocycles. The van der Waals surface area contributed by atoms with Crippen molar-refractivity contribution in [3.05, 3.63) is 0 Å². The fraction of sp³-hybridized carbons (Fsp3) is 1.00. The van der Waals surface area contributed by atoms with Crippen molar-refractivity contribution in [2.24, 2.45) is 0 Å². The normalized spacial score (nSPS) is 11.3. The number of hydrogen-bond acceptors (Lipinski definition) is 4. The summed E-state index contributed by atoms with van der Waals surface area (Å²) < 4.78 is 0. The summed E-state index contributed by atoms with van der Waals surface area (Å²) in [5.41, 5.74) is 6.71. The van der Waals surface area contributed by atoms with Gasteiger partial charge in [-0.3, -0.25) is 0 Å².